The van der Waals surface area contributed by atoms with Crippen molar-refractivity contribution in [2.24, 2.45) is 0 Å². The van der Waals surface area contributed by atoms with Crippen LogP contribution < -0.4 is 5.32 Å². The average Bonchev–Trinajstić information content (AvgIpc) is 2.35. The first kappa shape index (κ1) is 13.7. The number of anilines is 1. The van der Waals surface area contributed by atoms with Gasteiger partial charge in [-0.15, -0.1) is 0 Å². The number of aliphatic hydroxyl groups is 1. The maximum atomic E-state index is 13.5. The van der Waals surface area contributed by atoms with Crippen LogP contribution in [-0.2, 0) is 0 Å². The van der Waals surface area contributed by atoms with Crippen LogP contribution in [0.2, 0.25) is 5.15 Å². The van der Waals surface area contributed by atoms with Crippen LogP contribution in [0, 0.1) is 12.7 Å². The Bertz CT molecular complexity index is 559. The zero-order valence-corrected chi connectivity index (χ0v) is 11.0. The zero-order valence-electron chi connectivity index (χ0n) is 10.3. The van der Waals surface area contributed by atoms with Gasteiger partial charge in [0, 0.05) is 18.2 Å². The fraction of sp³-hybridized carbons (Fsp3) is 0.231. The van der Waals surface area contributed by atoms with Crippen molar-refractivity contribution in [1.29, 1.82) is 0 Å². The minimum Gasteiger partial charge on any atom is -0.386 e. The van der Waals surface area contributed by atoms with E-state index in [4.69, 9.17) is 11.6 Å². The van der Waals surface area contributed by atoms with Crippen molar-refractivity contribution < 1.29 is 9.50 Å². The minimum atomic E-state index is -0.963. The van der Waals surface area contributed by atoms with Crippen LogP contribution in [0.5, 0.6) is 0 Å². The molecule has 0 aliphatic rings. The highest BCUT2D eigenvalue weighted by atomic mass is 35.5. The van der Waals surface area contributed by atoms with Crippen molar-refractivity contribution in [2.75, 3.05) is 11.9 Å². The smallest absolute Gasteiger partial charge is 0.134 e. The number of hydrogen-bond donors (Lipinski definition) is 2. The Morgan fingerprint density at radius 2 is 2.11 bits per heavy atom. The molecule has 0 radical (unpaired) electrons. The molecule has 0 saturated heterocycles. The van der Waals surface area contributed by atoms with Gasteiger partial charge in [-0.05, 0) is 13.0 Å². The third-order valence-electron chi connectivity index (χ3n) is 2.55. The molecule has 1 atom stereocenters. The van der Waals surface area contributed by atoms with E-state index < -0.39 is 11.9 Å². The molecule has 2 N–H and O–H groups in total. The highest BCUT2D eigenvalue weighted by molar-refractivity contribution is 6.29. The molecule has 6 heteroatoms. The van der Waals surface area contributed by atoms with E-state index in [1.165, 1.54) is 6.07 Å². The Labute approximate surface area is 115 Å². The second-order valence-electron chi connectivity index (χ2n) is 4.04. The summed E-state index contributed by atoms with van der Waals surface area (Å²) in [5.74, 6) is 0.581. The van der Waals surface area contributed by atoms with Crippen LogP contribution >= 0.6 is 11.6 Å². The quantitative estimate of drug-likeness (QED) is 0.846. The van der Waals surface area contributed by atoms with Gasteiger partial charge in [0.05, 0.1) is 6.10 Å². The van der Waals surface area contributed by atoms with E-state index in [-0.39, 0.29) is 12.1 Å². The summed E-state index contributed by atoms with van der Waals surface area (Å²) in [4.78, 5) is 8.04. The zero-order chi connectivity index (χ0) is 13.8. The lowest BCUT2D eigenvalue weighted by Crippen LogP contribution is -2.14. The van der Waals surface area contributed by atoms with Crippen molar-refractivity contribution in [2.45, 2.75) is 13.0 Å². The second-order valence-corrected chi connectivity index (χ2v) is 4.43. The Morgan fingerprint density at radius 3 is 2.79 bits per heavy atom. The van der Waals surface area contributed by atoms with Gasteiger partial charge in [-0.25, -0.2) is 14.4 Å². The third kappa shape index (κ3) is 3.62. The van der Waals surface area contributed by atoms with Gasteiger partial charge in [-0.3, -0.25) is 0 Å². The van der Waals surface area contributed by atoms with Crippen molar-refractivity contribution >= 4 is 17.4 Å². The van der Waals surface area contributed by atoms with Crippen molar-refractivity contribution in [3.63, 3.8) is 0 Å². The van der Waals surface area contributed by atoms with E-state index in [1.54, 1.807) is 31.2 Å². The number of aliphatic hydroxyl groups excluding tert-OH is 1. The molecular weight excluding hydrogens is 269 g/mol. The lowest BCUT2D eigenvalue weighted by atomic mass is 10.1. The number of rotatable bonds is 4. The van der Waals surface area contributed by atoms with Gasteiger partial charge in [0.2, 0.25) is 0 Å². The van der Waals surface area contributed by atoms with Crippen molar-refractivity contribution in [3.05, 3.63) is 52.7 Å². The number of aromatic nitrogens is 2. The molecule has 0 aliphatic heterocycles. The molecular formula is C13H13ClFN3O. The van der Waals surface area contributed by atoms with E-state index in [0.717, 1.165) is 0 Å². The predicted molar refractivity (Wildman–Crippen MR) is 71.6 cm³/mol. The van der Waals surface area contributed by atoms with Gasteiger partial charge in [-0.1, -0.05) is 29.8 Å². The number of nitrogens with one attached hydrogen (secondary N) is 1. The highest BCUT2D eigenvalue weighted by Gasteiger charge is 2.12. The Kier molecular flexibility index (Phi) is 4.29. The summed E-state index contributed by atoms with van der Waals surface area (Å²) < 4.78 is 13.5. The van der Waals surface area contributed by atoms with Crippen LogP contribution in [0.15, 0.2) is 30.3 Å². The Hall–Kier alpha value is -1.72. The monoisotopic (exact) mass is 281 g/mol. The van der Waals surface area contributed by atoms with E-state index >= 15 is 0 Å². The number of halogens is 2. The molecule has 0 amide bonds. The van der Waals surface area contributed by atoms with Gasteiger partial charge >= 0.3 is 0 Å². The molecule has 0 saturated carbocycles. The maximum absolute atomic E-state index is 13.5. The summed E-state index contributed by atoms with van der Waals surface area (Å²) in [6.07, 6.45) is -0.963. The Balaban J connectivity index is 2.04. The molecule has 0 spiro atoms. The standard InChI is InChI=1S/C13H13ClFN3O/c1-8-17-12(14)6-13(18-8)16-7-11(19)9-4-2-3-5-10(9)15/h2-6,11,19H,7H2,1H3,(H,16,17,18). The number of nitrogens with zero attached hydrogens (tertiary/aromatic N) is 2. The summed E-state index contributed by atoms with van der Waals surface area (Å²) in [5, 5.41) is 13.1. The third-order valence-corrected chi connectivity index (χ3v) is 2.74. The molecule has 1 unspecified atom stereocenters. The number of aryl methyl sites for hydroxylation is 1. The molecule has 1 heterocycles. The van der Waals surface area contributed by atoms with Gasteiger partial charge in [0.25, 0.3) is 0 Å². The van der Waals surface area contributed by atoms with Crippen LogP contribution in [0.4, 0.5) is 10.2 Å². The van der Waals surface area contributed by atoms with Crippen LogP contribution in [0.3, 0.4) is 0 Å². The Morgan fingerprint density at radius 1 is 1.37 bits per heavy atom. The molecule has 0 fully saturated rings. The lowest BCUT2D eigenvalue weighted by Gasteiger charge is -2.13. The minimum absolute atomic E-state index is 0.133. The fourth-order valence-corrected chi connectivity index (χ4v) is 1.90. The fourth-order valence-electron chi connectivity index (χ4n) is 1.68. The average molecular weight is 282 g/mol. The summed E-state index contributed by atoms with van der Waals surface area (Å²) in [6, 6.07) is 7.65. The van der Waals surface area contributed by atoms with Crippen LogP contribution in [-0.4, -0.2) is 21.6 Å². The largest absolute Gasteiger partial charge is 0.386 e. The first-order chi connectivity index (χ1) is 9.06. The molecule has 0 bridgehead atoms. The maximum Gasteiger partial charge on any atom is 0.134 e. The van der Waals surface area contributed by atoms with Crippen molar-refractivity contribution in [3.8, 4) is 0 Å². The number of hydrogen-bond acceptors (Lipinski definition) is 4. The highest BCUT2D eigenvalue weighted by Crippen LogP contribution is 2.18. The summed E-state index contributed by atoms with van der Waals surface area (Å²) in [5.41, 5.74) is 0.242. The summed E-state index contributed by atoms with van der Waals surface area (Å²) in [6.45, 7) is 1.85. The second kappa shape index (κ2) is 5.95. The van der Waals surface area contributed by atoms with Gasteiger partial charge in [-0.2, -0.15) is 0 Å². The molecule has 100 valence electrons. The molecule has 4 nitrogen and oxygen atoms in total. The van der Waals surface area contributed by atoms with Crippen LogP contribution in [0.1, 0.15) is 17.5 Å². The van der Waals surface area contributed by atoms with Gasteiger partial charge < -0.3 is 10.4 Å². The van der Waals surface area contributed by atoms with Crippen molar-refractivity contribution in [1.82, 2.24) is 9.97 Å². The van der Waals surface area contributed by atoms with E-state index in [9.17, 15) is 9.50 Å². The first-order valence-electron chi connectivity index (χ1n) is 5.74. The lowest BCUT2D eigenvalue weighted by molar-refractivity contribution is 0.186. The summed E-state index contributed by atoms with van der Waals surface area (Å²) in [7, 11) is 0. The normalized spacial score (nSPS) is 12.2. The van der Waals surface area contributed by atoms with E-state index in [2.05, 4.69) is 15.3 Å². The van der Waals surface area contributed by atoms with E-state index in [0.29, 0.717) is 16.8 Å². The van der Waals surface area contributed by atoms with Crippen LogP contribution in [0.25, 0.3) is 0 Å². The first-order valence-corrected chi connectivity index (χ1v) is 6.11. The summed E-state index contributed by atoms with van der Waals surface area (Å²) >= 11 is 5.79. The predicted octanol–water partition coefficient (Wildman–Crippen LogP) is 2.72. The number of benzene rings is 1. The molecule has 2 aromatic rings. The van der Waals surface area contributed by atoms with E-state index in [1.807, 2.05) is 0 Å². The molecule has 19 heavy (non-hydrogen) atoms. The van der Waals surface area contributed by atoms with Gasteiger partial charge in [0.15, 0.2) is 0 Å². The molecule has 1 aromatic heterocycles. The molecule has 1 aromatic carbocycles. The topological polar surface area (TPSA) is 58.0 Å². The molecule has 0 aliphatic carbocycles. The van der Waals surface area contributed by atoms with Gasteiger partial charge in [0.1, 0.15) is 22.6 Å². The SMILES string of the molecule is Cc1nc(Cl)cc(NCC(O)c2ccccc2F)n1. The molecule has 2 rings (SSSR count).